The van der Waals surface area contributed by atoms with Gasteiger partial charge in [0.1, 0.15) is 0 Å². The van der Waals surface area contributed by atoms with Crippen LogP contribution in [0.4, 0.5) is 0 Å². The lowest BCUT2D eigenvalue weighted by Crippen LogP contribution is -2.30. The lowest BCUT2D eigenvalue weighted by Gasteiger charge is -2.26. The van der Waals surface area contributed by atoms with Gasteiger partial charge in [-0.15, -0.1) is 0 Å². The Morgan fingerprint density at radius 2 is 2.00 bits per heavy atom. The predicted molar refractivity (Wildman–Crippen MR) is 86.3 cm³/mol. The Hall–Kier alpha value is -0.410. The number of aromatic nitrogens is 1. The summed E-state index contributed by atoms with van der Waals surface area (Å²) in [5, 5.41) is 3.43. The van der Waals surface area contributed by atoms with Crippen molar-refractivity contribution in [1.29, 1.82) is 0 Å². The Labute approximate surface area is 126 Å². The first-order valence-electron chi connectivity index (χ1n) is 7.08. The minimum atomic E-state index is 0.410. The summed E-state index contributed by atoms with van der Waals surface area (Å²) in [5.74, 6) is 0.730. The fourth-order valence-electron chi connectivity index (χ4n) is 2.70. The van der Waals surface area contributed by atoms with Crippen LogP contribution in [0, 0.1) is 11.3 Å². The van der Waals surface area contributed by atoms with Crippen LogP contribution >= 0.6 is 15.9 Å². The van der Waals surface area contributed by atoms with E-state index in [1.807, 2.05) is 13.2 Å². The van der Waals surface area contributed by atoms with Gasteiger partial charge in [-0.1, -0.05) is 27.7 Å². The summed E-state index contributed by atoms with van der Waals surface area (Å²) < 4.78 is 1.04. The van der Waals surface area contributed by atoms with Crippen molar-refractivity contribution in [3.63, 3.8) is 0 Å². The molecule has 0 amide bonds. The minimum Gasteiger partial charge on any atom is -0.317 e. The van der Waals surface area contributed by atoms with Crippen molar-refractivity contribution >= 4 is 15.9 Å². The Balaban J connectivity index is 2.51. The standard InChI is InChI=1S/C16H27BrN2/c1-12(10-16(2,3)4)8-15(18-5)9-14-7-6-13(17)11-19-14/h6-7,11-12,15,18H,8-10H2,1-5H3. The molecule has 1 aromatic rings. The second-order valence-corrected chi connectivity index (χ2v) is 7.68. The third-order valence-corrected chi connectivity index (χ3v) is 3.77. The van der Waals surface area contributed by atoms with E-state index in [9.17, 15) is 0 Å². The molecule has 1 rings (SSSR count). The highest BCUT2D eigenvalue weighted by molar-refractivity contribution is 9.10. The van der Waals surface area contributed by atoms with E-state index >= 15 is 0 Å². The molecule has 3 heteroatoms. The fourth-order valence-corrected chi connectivity index (χ4v) is 2.93. The van der Waals surface area contributed by atoms with Crippen molar-refractivity contribution in [2.45, 2.75) is 53.0 Å². The van der Waals surface area contributed by atoms with Crippen molar-refractivity contribution in [1.82, 2.24) is 10.3 Å². The van der Waals surface area contributed by atoms with E-state index < -0.39 is 0 Å². The normalized spacial score (nSPS) is 15.3. The van der Waals surface area contributed by atoms with Gasteiger partial charge in [0, 0.05) is 28.8 Å². The monoisotopic (exact) mass is 326 g/mol. The van der Waals surface area contributed by atoms with E-state index in [1.54, 1.807) is 0 Å². The highest BCUT2D eigenvalue weighted by atomic mass is 79.9. The largest absolute Gasteiger partial charge is 0.317 e. The Kier molecular flexibility index (Phi) is 6.48. The molecule has 0 aliphatic carbocycles. The number of pyridine rings is 1. The topological polar surface area (TPSA) is 24.9 Å². The number of hydrogen-bond donors (Lipinski definition) is 1. The predicted octanol–water partition coefficient (Wildman–Crippen LogP) is 4.44. The molecule has 1 aromatic heterocycles. The average Bonchev–Trinajstić information content (AvgIpc) is 2.28. The van der Waals surface area contributed by atoms with Crippen molar-refractivity contribution < 1.29 is 0 Å². The summed E-state index contributed by atoms with van der Waals surface area (Å²) in [6.07, 6.45) is 5.34. The smallest absolute Gasteiger partial charge is 0.0419 e. The molecule has 2 atom stereocenters. The molecule has 0 fully saturated rings. The average molecular weight is 327 g/mol. The molecule has 1 heterocycles. The van der Waals surface area contributed by atoms with Gasteiger partial charge in [-0.3, -0.25) is 4.98 Å². The van der Waals surface area contributed by atoms with Crippen LogP contribution < -0.4 is 5.32 Å². The van der Waals surface area contributed by atoms with Crippen LogP contribution in [-0.2, 0) is 6.42 Å². The summed E-state index contributed by atoms with van der Waals surface area (Å²) >= 11 is 3.42. The number of hydrogen-bond acceptors (Lipinski definition) is 2. The highest BCUT2D eigenvalue weighted by Gasteiger charge is 2.18. The van der Waals surface area contributed by atoms with Crippen LogP contribution in [0.25, 0.3) is 0 Å². The van der Waals surface area contributed by atoms with E-state index in [1.165, 1.54) is 12.8 Å². The highest BCUT2D eigenvalue weighted by Crippen LogP contribution is 2.27. The van der Waals surface area contributed by atoms with Gasteiger partial charge in [0.05, 0.1) is 0 Å². The molecule has 108 valence electrons. The van der Waals surface area contributed by atoms with Crippen molar-refractivity contribution in [3.05, 3.63) is 28.5 Å². The first-order valence-corrected chi connectivity index (χ1v) is 7.87. The first kappa shape index (κ1) is 16.6. The van der Waals surface area contributed by atoms with Gasteiger partial charge in [0.25, 0.3) is 0 Å². The number of nitrogens with one attached hydrogen (secondary N) is 1. The molecule has 0 saturated heterocycles. The first-order chi connectivity index (χ1) is 8.80. The molecule has 0 bridgehead atoms. The summed E-state index contributed by atoms with van der Waals surface area (Å²) in [4.78, 5) is 4.46. The second kappa shape index (κ2) is 7.39. The van der Waals surface area contributed by atoms with Crippen molar-refractivity contribution in [2.75, 3.05) is 7.05 Å². The number of halogens is 1. The summed E-state index contributed by atoms with van der Waals surface area (Å²) in [7, 11) is 2.05. The number of likely N-dealkylation sites (N-methyl/N-ethyl adjacent to an activating group) is 1. The van der Waals surface area contributed by atoms with Gasteiger partial charge < -0.3 is 5.32 Å². The Morgan fingerprint density at radius 3 is 2.47 bits per heavy atom. The van der Waals surface area contributed by atoms with Gasteiger partial charge >= 0.3 is 0 Å². The molecular formula is C16H27BrN2. The zero-order valence-electron chi connectivity index (χ0n) is 12.8. The van der Waals surface area contributed by atoms with Gasteiger partial charge in [-0.05, 0) is 59.3 Å². The summed E-state index contributed by atoms with van der Waals surface area (Å²) in [6, 6.07) is 4.67. The van der Waals surface area contributed by atoms with Gasteiger partial charge in [-0.2, -0.15) is 0 Å². The third-order valence-electron chi connectivity index (χ3n) is 3.30. The molecule has 0 saturated carbocycles. The molecule has 0 spiro atoms. The summed E-state index contributed by atoms with van der Waals surface area (Å²) in [6.45, 7) is 9.29. The van der Waals surface area contributed by atoms with E-state index in [0.29, 0.717) is 11.5 Å². The van der Waals surface area contributed by atoms with Gasteiger partial charge in [0.15, 0.2) is 0 Å². The van der Waals surface area contributed by atoms with Crippen LogP contribution in [0.5, 0.6) is 0 Å². The lowest BCUT2D eigenvalue weighted by molar-refractivity contribution is 0.277. The van der Waals surface area contributed by atoms with Crippen LogP contribution in [-0.4, -0.2) is 18.1 Å². The van der Waals surface area contributed by atoms with Gasteiger partial charge in [0.2, 0.25) is 0 Å². The maximum Gasteiger partial charge on any atom is 0.0419 e. The molecule has 0 aliphatic rings. The zero-order chi connectivity index (χ0) is 14.5. The van der Waals surface area contributed by atoms with E-state index in [2.05, 4.69) is 66.1 Å². The maximum atomic E-state index is 4.46. The lowest BCUT2D eigenvalue weighted by atomic mass is 9.82. The molecule has 19 heavy (non-hydrogen) atoms. The summed E-state index contributed by atoms with van der Waals surface area (Å²) in [5.41, 5.74) is 1.57. The van der Waals surface area contributed by atoms with Crippen molar-refractivity contribution in [3.8, 4) is 0 Å². The molecule has 0 radical (unpaired) electrons. The SMILES string of the molecule is CNC(Cc1ccc(Br)cn1)CC(C)CC(C)(C)C. The molecule has 0 aromatic carbocycles. The second-order valence-electron chi connectivity index (χ2n) is 6.76. The third kappa shape index (κ3) is 7.07. The van der Waals surface area contributed by atoms with E-state index in [4.69, 9.17) is 0 Å². The fraction of sp³-hybridized carbons (Fsp3) is 0.688. The van der Waals surface area contributed by atoms with E-state index in [-0.39, 0.29) is 0 Å². The number of rotatable bonds is 6. The Bertz CT molecular complexity index is 367. The van der Waals surface area contributed by atoms with Gasteiger partial charge in [-0.25, -0.2) is 0 Å². The molecule has 0 aliphatic heterocycles. The van der Waals surface area contributed by atoms with Crippen LogP contribution in [0.15, 0.2) is 22.8 Å². The molecule has 2 unspecified atom stereocenters. The molecule has 2 nitrogen and oxygen atoms in total. The van der Waals surface area contributed by atoms with Crippen LogP contribution in [0.1, 0.15) is 46.2 Å². The number of nitrogens with zero attached hydrogens (tertiary/aromatic N) is 1. The van der Waals surface area contributed by atoms with E-state index in [0.717, 1.165) is 22.5 Å². The molecule has 1 N–H and O–H groups in total. The zero-order valence-corrected chi connectivity index (χ0v) is 14.4. The quantitative estimate of drug-likeness (QED) is 0.836. The molecular weight excluding hydrogens is 300 g/mol. The van der Waals surface area contributed by atoms with Crippen LogP contribution in [0.3, 0.4) is 0 Å². The Morgan fingerprint density at radius 1 is 1.32 bits per heavy atom. The minimum absolute atomic E-state index is 0.410. The van der Waals surface area contributed by atoms with Crippen molar-refractivity contribution in [2.24, 2.45) is 11.3 Å². The van der Waals surface area contributed by atoms with Crippen LogP contribution in [0.2, 0.25) is 0 Å². The maximum absolute atomic E-state index is 4.46.